The number of carbonyl (C=O) groups is 1. The second-order valence-corrected chi connectivity index (χ2v) is 4.72. The Hall–Kier alpha value is -1.07. The van der Waals surface area contributed by atoms with Gasteiger partial charge in [0.2, 0.25) is 0 Å². The zero-order chi connectivity index (χ0) is 10.7. The standard InChI is InChI=1S/C10H8BrNO2S/c11-7-4-9(15-6-7)10(13)12-5-8-2-1-3-14-8/h1-4,6H,5H2,(H,12,13). The van der Waals surface area contributed by atoms with Crippen LogP contribution in [-0.4, -0.2) is 5.91 Å². The molecule has 3 nitrogen and oxygen atoms in total. The van der Waals surface area contributed by atoms with Gasteiger partial charge >= 0.3 is 0 Å². The van der Waals surface area contributed by atoms with Crippen molar-refractivity contribution in [3.8, 4) is 0 Å². The summed E-state index contributed by atoms with van der Waals surface area (Å²) < 4.78 is 6.03. The van der Waals surface area contributed by atoms with Crippen LogP contribution in [0.3, 0.4) is 0 Å². The minimum absolute atomic E-state index is 0.0814. The Bertz CT molecular complexity index is 450. The second kappa shape index (κ2) is 4.63. The molecule has 0 unspecified atom stereocenters. The van der Waals surface area contributed by atoms with Crippen molar-refractivity contribution in [2.45, 2.75) is 6.54 Å². The largest absolute Gasteiger partial charge is 0.467 e. The number of hydrogen-bond donors (Lipinski definition) is 1. The van der Waals surface area contributed by atoms with Gasteiger partial charge in [-0.05, 0) is 34.1 Å². The van der Waals surface area contributed by atoms with Gasteiger partial charge in [0.25, 0.3) is 5.91 Å². The first-order chi connectivity index (χ1) is 7.25. The van der Waals surface area contributed by atoms with E-state index in [0.717, 1.165) is 10.2 Å². The van der Waals surface area contributed by atoms with Gasteiger partial charge in [-0.2, -0.15) is 0 Å². The fourth-order valence-electron chi connectivity index (χ4n) is 1.10. The summed E-state index contributed by atoms with van der Waals surface area (Å²) in [4.78, 5) is 12.3. The highest BCUT2D eigenvalue weighted by Gasteiger charge is 2.08. The molecular formula is C10H8BrNO2S. The lowest BCUT2D eigenvalue weighted by atomic mass is 10.4. The zero-order valence-corrected chi connectivity index (χ0v) is 10.1. The first kappa shape index (κ1) is 10.4. The lowest BCUT2D eigenvalue weighted by molar-refractivity contribution is 0.0952. The topological polar surface area (TPSA) is 42.2 Å². The molecule has 0 aliphatic rings. The van der Waals surface area contributed by atoms with Crippen molar-refractivity contribution in [1.82, 2.24) is 5.32 Å². The molecule has 0 aliphatic heterocycles. The monoisotopic (exact) mass is 285 g/mol. The van der Waals surface area contributed by atoms with Gasteiger partial charge in [0.05, 0.1) is 17.7 Å². The van der Waals surface area contributed by atoms with Crippen molar-refractivity contribution in [3.05, 3.63) is 45.0 Å². The highest BCUT2D eigenvalue weighted by molar-refractivity contribution is 9.10. The number of halogens is 1. The summed E-state index contributed by atoms with van der Waals surface area (Å²) in [5.74, 6) is 0.668. The molecule has 0 aliphatic carbocycles. The SMILES string of the molecule is O=C(NCc1ccco1)c1cc(Br)cs1. The van der Waals surface area contributed by atoms with Crippen LogP contribution in [-0.2, 0) is 6.54 Å². The van der Waals surface area contributed by atoms with E-state index in [-0.39, 0.29) is 5.91 Å². The lowest BCUT2D eigenvalue weighted by Crippen LogP contribution is -2.21. The Labute approximate surface area is 99.2 Å². The van der Waals surface area contributed by atoms with E-state index in [9.17, 15) is 4.79 Å². The first-order valence-electron chi connectivity index (χ1n) is 4.30. The number of furan rings is 1. The first-order valence-corrected chi connectivity index (χ1v) is 5.97. The zero-order valence-electron chi connectivity index (χ0n) is 7.70. The molecule has 2 aromatic rings. The predicted molar refractivity (Wildman–Crippen MR) is 61.9 cm³/mol. The van der Waals surface area contributed by atoms with E-state index in [0.29, 0.717) is 11.4 Å². The van der Waals surface area contributed by atoms with E-state index in [2.05, 4.69) is 21.2 Å². The highest BCUT2D eigenvalue weighted by atomic mass is 79.9. The summed E-state index contributed by atoms with van der Waals surface area (Å²) in [6, 6.07) is 5.41. The minimum atomic E-state index is -0.0814. The van der Waals surface area contributed by atoms with Crippen LogP contribution in [0.5, 0.6) is 0 Å². The molecule has 78 valence electrons. The summed E-state index contributed by atoms with van der Waals surface area (Å²) in [5.41, 5.74) is 0. The Kier molecular flexibility index (Phi) is 3.23. The summed E-state index contributed by atoms with van der Waals surface area (Å²) in [6.45, 7) is 0.418. The van der Waals surface area contributed by atoms with E-state index in [1.807, 2.05) is 11.4 Å². The molecule has 0 radical (unpaired) electrons. The van der Waals surface area contributed by atoms with Gasteiger partial charge in [-0.25, -0.2) is 0 Å². The Balaban J connectivity index is 1.93. The van der Waals surface area contributed by atoms with Crippen LogP contribution in [0.2, 0.25) is 0 Å². The van der Waals surface area contributed by atoms with Gasteiger partial charge in [0.1, 0.15) is 5.76 Å². The third-order valence-corrected chi connectivity index (χ3v) is 3.48. The lowest BCUT2D eigenvalue weighted by Gasteiger charge is -1.99. The Morgan fingerprint density at radius 1 is 1.60 bits per heavy atom. The van der Waals surface area contributed by atoms with E-state index < -0.39 is 0 Å². The molecule has 0 fully saturated rings. The summed E-state index contributed by atoms with van der Waals surface area (Å²) in [7, 11) is 0. The van der Waals surface area contributed by atoms with E-state index >= 15 is 0 Å². The summed E-state index contributed by atoms with van der Waals surface area (Å²) in [6.07, 6.45) is 1.59. The number of nitrogens with one attached hydrogen (secondary N) is 1. The molecule has 0 saturated carbocycles. The van der Waals surface area contributed by atoms with E-state index in [1.165, 1.54) is 11.3 Å². The predicted octanol–water partition coefficient (Wildman–Crippen LogP) is 3.03. The van der Waals surface area contributed by atoms with Gasteiger partial charge in [0.15, 0.2) is 0 Å². The Morgan fingerprint density at radius 3 is 3.07 bits per heavy atom. The molecule has 5 heteroatoms. The van der Waals surface area contributed by atoms with Gasteiger partial charge in [-0.15, -0.1) is 11.3 Å². The number of hydrogen-bond acceptors (Lipinski definition) is 3. The quantitative estimate of drug-likeness (QED) is 0.942. The molecule has 1 amide bonds. The van der Waals surface area contributed by atoms with Crippen LogP contribution in [0.1, 0.15) is 15.4 Å². The third-order valence-electron chi connectivity index (χ3n) is 1.79. The van der Waals surface area contributed by atoms with Crippen molar-refractivity contribution < 1.29 is 9.21 Å². The van der Waals surface area contributed by atoms with Gasteiger partial charge < -0.3 is 9.73 Å². The molecule has 2 aromatic heterocycles. The smallest absolute Gasteiger partial charge is 0.261 e. The maximum absolute atomic E-state index is 11.6. The number of rotatable bonds is 3. The normalized spacial score (nSPS) is 10.2. The van der Waals surface area contributed by atoms with Crippen LogP contribution in [0.15, 0.2) is 38.7 Å². The molecule has 15 heavy (non-hydrogen) atoms. The maximum Gasteiger partial charge on any atom is 0.261 e. The maximum atomic E-state index is 11.6. The summed E-state index contributed by atoms with van der Waals surface area (Å²) >= 11 is 4.71. The van der Waals surface area contributed by atoms with Crippen LogP contribution >= 0.6 is 27.3 Å². The molecular weight excluding hydrogens is 278 g/mol. The van der Waals surface area contributed by atoms with Crippen LogP contribution in [0.25, 0.3) is 0 Å². The molecule has 2 heterocycles. The van der Waals surface area contributed by atoms with E-state index in [4.69, 9.17) is 4.42 Å². The van der Waals surface area contributed by atoms with Crippen LogP contribution in [0.4, 0.5) is 0 Å². The van der Waals surface area contributed by atoms with Crippen LogP contribution in [0, 0.1) is 0 Å². The minimum Gasteiger partial charge on any atom is -0.467 e. The molecule has 2 rings (SSSR count). The molecule has 0 atom stereocenters. The van der Waals surface area contributed by atoms with Gasteiger partial charge in [-0.3, -0.25) is 4.79 Å². The van der Waals surface area contributed by atoms with Crippen molar-refractivity contribution in [1.29, 1.82) is 0 Å². The van der Waals surface area contributed by atoms with Crippen molar-refractivity contribution >= 4 is 33.2 Å². The number of amides is 1. The van der Waals surface area contributed by atoms with Crippen molar-refractivity contribution in [2.24, 2.45) is 0 Å². The second-order valence-electron chi connectivity index (χ2n) is 2.89. The number of thiophene rings is 1. The molecule has 0 bridgehead atoms. The average molecular weight is 286 g/mol. The molecule has 1 N–H and O–H groups in total. The fourth-order valence-corrected chi connectivity index (χ4v) is 2.44. The van der Waals surface area contributed by atoms with E-state index in [1.54, 1.807) is 18.4 Å². The Morgan fingerprint density at radius 2 is 2.47 bits per heavy atom. The van der Waals surface area contributed by atoms with Gasteiger partial charge in [0, 0.05) is 9.85 Å². The highest BCUT2D eigenvalue weighted by Crippen LogP contribution is 2.19. The third kappa shape index (κ3) is 2.70. The van der Waals surface area contributed by atoms with Crippen molar-refractivity contribution in [2.75, 3.05) is 0 Å². The van der Waals surface area contributed by atoms with Gasteiger partial charge in [-0.1, -0.05) is 0 Å². The molecule has 0 aromatic carbocycles. The van der Waals surface area contributed by atoms with Crippen molar-refractivity contribution in [3.63, 3.8) is 0 Å². The molecule has 0 spiro atoms. The fraction of sp³-hybridized carbons (Fsp3) is 0.100. The summed E-state index contributed by atoms with van der Waals surface area (Å²) in [5, 5.41) is 4.65. The van der Waals surface area contributed by atoms with Crippen LogP contribution < -0.4 is 5.32 Å². The number of carbonyl (C=O) groups excluding carboxylic acids is 1. The average Bonchev–Trinajstić information content (AvgIpc) is 2.84. The molecule has 0 saturated heterocycles.